The second kappa shape index (κ2) is 5.70. The fraction of sp³-hybridized carbons (Fsp3) is 0.438. The van der Waals surface area contributed by atoms with Gasteiger partial charge in [0.1, 0.15) is 12.2 Å². The molecule has 24 heavy (non-hydrogen) atoms. The van der Waals surface area contributed by atoms with Gasteiger partial charge in [0.2, 0.25) is 0 Å². The predicted octanol–water partition coefficient (Wildman–Crippen LogP) is 1.76. The van der Waals surface area contributed by atoms with Crippen molar-refractivity contribution in [2.24, 2.45) is 7.05 Å². The van der Waals surface area contributed by atoms with E-state index >= 15 is 0 Å². The zero-order valence-electron chi connectivity index (χ0n) is 13.7. The van der Waals surface area contributed by atoms with E-state index in [-0.39, 0.29) is 11.9 Å². The molecule has 8 nitrogen and oxygen atoms in total. The second-order valence-electron chi connectivity index (χ2n) is 6.20. The van der Waals surface area contributed by atoms with Crippen molar-refractivity contribution in [2.75, 3.05) is 6.54 Å². The van der Waals surface area contributed by atoms with E-state index in [9.17, 15) is 4.79 Å². The molecule has 8 heteroatoms. The molecule has 4 heterocycles. The molecule has 1 N–H and O–H groups in total. The number of carbonyl (C=O) groups excluding carboxylic acids is 1. The molecule has 0 spiro atoms. The molecule has 1 fully saturated rings. The number of rotatable bonds is 2. The van der Waals surface area contributed by atoms with Gasteiger partial charge in [0.15, 0.2) is 5.65 Å². The molecule has 3 aromatic rings. The smallest absolute Gasteiger partial charge is 0.255 e. The average molecular weight is 325 g/mol. The Bertz CT molecular complexity index is 883. The van der Waals surface area contributed by atoms with Gasteiger partial charge < -0.3 is 4.90 Å². The number of hydrogen-bond donors (Lipinski definition) is 1. The molecular formula is C16H19N7O. The Morgan fingerprint density at radius 1 is 1.38 bits per heavy atom. The number of aromatic nitrogens is 6. The first kappa shape index (κ1) is 14.8. The summed E-state index contributed by atoms with van der Waals surface area (Å²) in [6.07, 6.45) is 6.16. The lowest BCUT2D eigenvalue weighted by molar-refractivity contribution is 0.0602. The van der Waals surface area contributed by atoms with E-state index in [1.165, 1.54) is 6.33 Å². The summed E-state index contributed by atoms with van der Waals surface area (Å²) < 4.78 is 1.70. The first-order chi connectivity index (χ1) is 11.6. The van der Waals surface area contributed by atoms with Crippen LogP contribution in [-0.2, 0) is 7.05 Å². The van der Waals surface area contributed by atoms with Gasteiger partial charge in [-0.3, -0.25) is 14.6 Å². The topological polar surface area (TPSA) is 92.6 Å². The third-order valence-electron chi connectivity index (χ3n) is 4.58. The largest absolute Gasteiger partial charge is 0.328 e. The van der Waals surface area contributed by atoms with Crippen LogP contribution in [0.5, 0.6) is 0 Å². The maximum absolute atomic E-state index is 13.3. The van der Waals surface area contributed by atoms with Crippen molar-refractivity contribution in [2.45, 2.75) is 32.2 Å². The summed E-state index contributed by atoms with van der Waals surface area (Å²) >= 11 is 0. The molecule has 1 aliphatic rings. The number of pyridine rings is 1. The van der Waals surface area contributed by atoms with E-state index in [2.05, 4.69) is 25.3 Å². The molecule has 0 bridgehead atoms. The van der Waals surface area contributed by atoms with Gasteiger partial charge >= 0.3 is 0 Å². The van der Waals surface area contributed by atoms with Crippen LogP contribution in [0.3, 0.4) is 0 Å². The van der Waals surface area contributed by atoms with E-state index in [0.29, 0.717) is 12.1 Å². The van der Waals surface area contributed by atoms with Crippen molar-refractivity contribution >= 4 is 16.9 Å². The van der Waals surface area contributed by atoms with E-state index in [0.717, 1.165) is 41.8 Å². The molecular weight excluding hydrogens is 306 g/mol. The van der Waals surface area contributed by atoms with Crippen molar-refractivity contribution < 1.29 is 4.79 Å². The average Bonchev–Trinajstić information content (AvgIpc) is 3.24. The van der Waals surface area contributed by atoms with Gasteiger partial charge in [0.25, 0.3) is 5.91 Å². The van der Waals surface area contributed by atoms with Gasteiger partial charge in [-0.25, -0.2) is 9.97 Å². The van der Waals surface area contributed by atoms with Gasteiger partial charge in [-0.2, -0.15) is 10.2 Å². The predicted molar refractivity (Wildman–Crippen MR) is 87.3 cm³/mol. The second-order valence-corrected chi connectivity index (χ2v) is 6.20. The van der Waals surface area contributed by atoms with Crippen LogP contribution in [0.25, 0.3) is 11.0 Å². The Hall–Kier alpha value is -2.77. The van der Waals surface area contributed by atoms with Crippen molar-refractivity contribution in [1.29, 1.82) is 0 Å². The summed E-state index contributed by atoms with van der Waals surface area (Å²) in [4.78, 5) is 23.9. The molecule has 0 unspecified atom stereocenters. The molecule has 0 aromatic carbocycles. The number of hydrogen-bond acceptors (Lipinski definition) is 5. The van der Waals surface area contributed by atoms with Crippen LogP contribution in [0, 0.1) is 6.92 Å². The molecule has 1 atom stereocenters. The van der Waals surface area contributed by atoms with Gasteiger partial charge in [-0.05, 0) is 32.3 Å². The number of amides is 1. The Labute approximate surface area is 138 Å². The fourth-order valence-electron chi connectivity index (χ4n) is 3.41. The molecule has 124 valence electrons. The Morgan fingerprint density at radius 2 is 2.25 bits per heavy atom. The summed E-state index contributed by atoms with van der Waals surface area (Å²) in [6.45, 7) is 2.61. The number of H-pyrrole nitrogens is 1. The molecule has 3 aromatic heterocycles. The number of nitrogens with zero attached hydrogens (tertiary/aromatic N) is 6. The highest BCUT2D eigenvalue weighted by atomic mass is 16.2. The first-order valence-corrected chi connectivity index (χ1v) is 8.10. The summed E-state index contributed by atoms with van der Waals surface area (Å²) in [6, 6.07) is 1.78. The molecule has 1 aliphatic heterocycles. The van der Waals surface area contributed by atoms with Crippen LogP contribution >= 0.6 is 0 Å². The van der Waals surface area contributed by atoms with Crippen LogP contribution in [0.1, 0.15) is 47.2 Å². The van der Waals surface area contributed by atoms with Crippen LogP contribution in [0.2, 0.25) is 0 Å². The van der Waals surface area contributed by atoms with Crippen LogP contribution < -0.4 is 0 Å². The van der Waals surface area contributed by atoms with Crippen molar-refractivity contribution in [1.82, 2.24) is 34.8 Å². The van der Waals surface area contributed by atoms with E-state index in [4.69, 9.17) is 0 Å². The summed E-state index contributed by atoms with van der Waals surface area (Å²) in [7, 11) is 1.83. The highest BCUT2D eigenvalue weighted by molar-refractivity contribution is 6.05. The minimum absolute atomic E-state index is 0.000370. The van der Waals surface area contributed by atoms with Crippen molar-refractivity contribution in [3.63, 3.8) is 0 Å². The van der Waals surface area contributed by atoms with Gasteiger partial charge in [-0.1, -0.05) is 0 Å². The number of piperidine rings is 1. The lowest BCUT2D eigenvalue weighted by Gasteiger charge is -2.34. The van der Waals surface area contributed by atoms with E-state index in [1.54, 1.807) is 10.9 Å². The van der Waals surface area contributed by atoms with Gasteiger partial charge in [-0.15, -0.1) is 0 Å². The molecule has 0 aliphatic carbocycles. The lowest BCUT2D eigenvalue weighted by atomic mass is 9.99. The van der Waals surface area contributed by atoms with Gasteiger partial charge in [0, 0.05) is 19.3 Å². The minimum Gasteiger partial charge on any atom is -0.328 e. The Balaban J connectivity index is 1.77. The summed E-state index contributed by atoms with van der Waals surface area (Å²) in [5.74, 6) is 0.746. The molecule has 1 amide bonds. The zero-order valence-corrected chi connectivity index (χ0v) is 13.7. The number of nitrogens with one attached hydrogen (secondary N) is 1. The first-order valence-electron chi connectivity index (χ1n) is 8.10. The number of aromatic amines is 1. The Morgan fingerprint density at radius 3 is 3.04 bits per heavy atom. The fourth-order valence-corrected chi connectivity index (χ4v) is 3.41. The van der Waals surface area contributed by atoms with Crippen LogP contribution in [-0.4, -0.2) is 47.3 Å². The number of carbonyl (C=O) groups is 1. The monoisotopic (exact) mass is 325 g/mol. The number of fused-ring (bicyclic) bond motifs is 1. The van der Waals surface area contributed by atoms with Gasteiger partial charge in [0.05, 0.1) is 23.2 Å². The summed E-state index contributed by atoms with van der Waals surface area (Å²) in [5.41, 5.74) is 2.19. The molecule has 0 radical (unpaired) electrons. The highest BCUT2D eigenvalue weighted by Crippen LogP contribution is 2.31. The highest BCUT2D eigenvalue weighted by Gasteiger charge is 2.31. The van der Waals surface area contributed by atoms with E-state index in [1.807, 2.05) is 24.9 Å². The maximum Gasteiger partial charge on any atom is 0.255 e. The van der Waals surface area contributed by atoms with Crippen LogP contribution in [0.4, 0.5) is 0 Å². The number of aryl methyl sites for hydroxylation is 2. The minimum atomic E-state index is -0.0612. The van der Waals surface area contributed by atoms with Crippen molar-refractivity contribution in [3.8, 4) is 0 Å². The van der Waals surface area contributed by atoms with Crippen LogP contribution in [0.15, 0.2) is 18.6 Å². The molecule has 1 saturated heterocycles. The number of likely N-dealkylation sites (tertiary alicyclic amines) is 1. The third kappa shape index (κ3) is 2.34. The summed E-state index contributed by atoms with van der Waals surface area (Å²) in [5, 5.41) is 11.9. The third-order valence-corrected chi connectivity index (χ3v) is 4.58. The lowest BCUT2D eigenvalue weighted by Crippen LogP contribution is -2.39. The Kier molecular flexibility index (Phi) is 3.51. The standard InChI is InChI=1S/C16H19N7O/c1-10-7-11(12-8-19-22(2)15(12)20-10)16(24)23-6-4-3-5-13(23)14-17-9-18-21-14/h7-9,13H,3-6H2,1-2H3,(H,17,18,21)/t13-/m1/s1. The zero-order chi connectivity index (χ0) is 16.7. The normalized spacial score (nSPS) is 18.2. The maximum atomic E-state index is 13.3. The molecule has 4 rings (SSSR count). The van der Waals surface area contributed by atoms with Crippen molar-refractivity contribution in [3.05, 3.63) is 35.7 Å². The SMILES string of the molecule is Cc1cc(C(=O)N2CCCC[C@@H]2c2ncn[nH]2)c2cnn(C)c2n1. The van der Waals surface area contributed by atoms with E-state index < -0.39 is 0 Å². The molecule has 0 saturated carbocycles. The quantitative estimate of drug-likeness (QED) is 0.775.